The summed E-state index contributed by atoms with van der Waals surface area (Å²) in [5.74, 6) is 1.22. The molecule has 0 aliphatic heterocycles. The van der Waals surface area contributed by atoms with Gasteiger partial charge in [-0.2, -0.15) is 0 Å². The van der Waals surface area contributed by atoms with Crippen LogP contribution >= 0.6 is 0 Å². The Hall–Kier alpha value is -2.95. The molecule has 0 saturated heterocycles. The highest BCUT2D eigenvalue weighted by atomic mass is 16.5. The van der Waals surface area contributed by atoms with Gasteiger partial charge in [0.15, 0.2) is 0 Å². The van der Waals surface area contributed by atoms with E-state index in [0.717, 1.165) is 11.1 Å². The van der Waals surface area contributed by atoms with Crippen LogP contribution in [0.5, 0.6) is 17.2 Å². The molecule has 0 bridgehead atoms. The van der Waals surface area contributed by atoms with Gasteiger partial charge in [0.25, 0.3) is 0 Å². The van der Waals surface area contributed by atoms with Crippen molar-refractivity contribution in [3.63, 3.8) is 0 Å². The van der Waals surface area contributed by atoms with Crippen LogP contribution < -0.4 is 14.9 Å². The van der Waals surface area contributed by atoms with E-state index in [1.807, 2.05) is 13.8 Å². The first-order valence-corrected chi connectivity index (χ1v) is 7.45. The van der Waals surface area contributed by atoms with Gasteiger partial charge in [0.2, 0.25) is 5.43 Å². The summed E-state index contributed by atoms with van der Waals surface area (Å²) in [6.45, 7) is 3.69. The van der Waals surface area contributed by atoms with E-state index in [1.54, 1.807) is 19.2 Å². The number of methoxy groups -OCH3 is 2. The Morgan fingerprint density at radius 1 is 0.958 bits per heavy atom. The second-order valence-corrected chi connectivity index (χ2v) is 5.55. The summed E-state index contributed by atoms with van der Waals surface area (Å²) in [5, 5.41) is 9.81. The van der Waals surface area contributed by atoms with Crippen LogP contribution in [0.2, 0.25) is 0 Å². The molecule has 0 atom stereocenters. The molecule has 3 rings (SSSR count). The van der Waals surface area contributed by atoms with Crippen molar-refractivity contribution in [3.05, 3.63) is 51.9 Å². The molecular weight excluding hydrogens is 308 g/mol. The second kappa shape index (κ2) is 5.92. The SMILES string of the molecule is COc1c(C)c(OC)c2c(=O)c(-c3ccc(O)cc3)coc2c1C. The number of phenols is 1. The minimum absolute atomic E-state index is 0.137. The number of phenolic OH excluding ortho intramolecular Hbond substituents is 1. The van der Waals surface area contributed by atoms with Crippen molar-refractivity contribution in [2.75, 3.05) is 14.2 Å². The molecule has 1 N–H and O–H groups in total. The summed E-state index contributed by atoms with van der Waals surface area (Å²) in [6.07, 6.45) is 1.43. The van der Waals surface area contributed by atoms with Gasteiger partial charge < -0.3 is 19.0 Å². The predicted molar refractivity (Wildman–Crippen MR) is 92.2 cm³/mol. The topological polar surface area (TPSA) is 68.9 Å². The molecule has 2 aromatic carbocycles. The normalized spacial score (nSPS) is 10.8. The lowest BCUT2D eigenvalue weighted by molar-refractivity contribution is 0.388. The monoisotopic (exact) mass is 326 g/mol. The molecule has 1 heterocycles. The first kappa shape index (κ1) is 15.9. The maximum atomic E-state index is 13.1. The Kier molecular flexibility index (Phi) is 3.93. The van der Waals surface area contributed by atoms with Crippen molar-refractivity contribution in [1.82, 2.24) is 0 Å². The van der Waals surface area contributed by atoms with E-state index in [9.17, 15) is 9.90 Å². The summed E-state index contributed by atoms with van der Waals surface area (Å²) in [4.78, 5) is 13.1. The molecular formula is C19H18O5. The first-order valence-electron chi connectivity index (χ1n) is 7.45. The van der Waals surface area contributed by atoms with E-state index in [0.29, 0.717) is 33.6 Å². The number of fused-ring (bicyclic) bond motifs is 1. The zero-order chi connectivity index (χ0) is 17.4. The quantitative estimate of drug-likeness (QED) is 0.793. The standard InChI is InChI=1S/C19H18O5/c1-10-17(22-3)11(2)19-15(18(10)23-4)16(21)14(9-24-19)12-5-7-13(20)8-6-12/h5-9,20H,1-4H3. The molecule has 124 valence electrons. The van der Waals surface area contributed by atoms with E-state index in [1.165, 1.54) is 25.5 Å². The van der Waals surface area contributed by atoms with Crippen LogP contribution in [-0.4, -0.2) is 19.3 Å². The van der Waals surface area contributed by atoms with Gasteiger partial charge in [0.1, 0.15) is 34.5 Å². The fourth-order valence-corrected chi connectivity index (χ4v) is 3.03. The lowest BCUT2D eigenvalue weighted by Crippen LogP contribution is -2.09. The summed E-state index contributed by atoms with van der Waals surface area (Å²) >= 11 is 0. The molecule has 0 radical (unpaired) electrons. The van der Waals surface area contributed by atoms with Gasteiger partial charge in [0.05, 0.1) is 19.8 Å². The van der Waals surface area contributed by atoms with Gasteiger partial charge in [0, 0.05) is 11.1 Å². The van der Waals surface area contributed by atoms with E-state index in [-0.39, 0.29) is 11.2 Å². The predicted octanol–water partition coefficient (Wildman–Crippen LogP) is 3.80. The van der Waals surface area contributed by atoms with Crippen LogP contribution in [-0.2, 0) is 0 Å². The minimum Gasteiger partial charge on any atom is -0.508 e. The van der Waals surface area contributed by atoms with Crippen molar-refractivity contribution < 1.29 is 19.0 Å². The Morgan fingerprint density at radius 3 is 2.17 bits per heavy atom. The molecule has 0 amide bonds. The van der Waals surface area contributed by atoms with Crippen LogP contribution in [0.4, 0.5) is 0 Å². The van der Waals surface area contributed by atoms with Crippen LogP contribution in [0, 0.1) is 13.8 Å². The summed E-state index contributed by atoms with van der Waals surface area (Å²) in [6, 6.07) is 6.40. The number of benzene rings is 2. The minimum atomic E-state index is -0.187. The maximum absolute atomic E-state index is 13.1. The number of aryl methyl sites for hydroxylation is 1. The number of aromatic hydroxyl groups is 1. The second-order valence-electron chi connectivity index (χ2n) is 5.55. The molecule has 1 aromatic heterocycles. The van der Waals surface area contributed by atoms with E-state index in [2.05, 4.69) is 0 Å². The lowest BCUT2D eigenvalue weighted by atomic mass is 10.0. The molecule has 5 heteroatoms. The van der Waals surface area contributed by atoms with E-state index >= 15 is 0 Å². The smallest absolute Gasteiger partial charge is 0.204 e. The lowest BCUT2D eigenvalue weighted by Gasteiger charge is -2.16. The number of rotatable bonds is 3. The third kappa shape index (κ3) is 2.29. The molecule has 5 nitrogen and oxygen atoms in total. The van der Waals surface area contributed by atoms with Gasteiger partial charge in [-0.25, -0.2) is 0 Å². The Balaban J connectivity index is 2.41. The Bertz CT molecular complexity index is 968. The molecule has 0 aliphatic rings. The molecule has 3 aromatic rings. The van der Waals surface area contributed by atoms with Crippen LogP contribution in [0.15, 0.2) is 39.7 Å². The third-order valence-corrected chi connectivity index (χ3v) is 4.17. The van der Waals surface area contributed by atoms with E-state index in [4.69, 9.17) is 13.9 Å². The fourth-order valence-electron chi connectivity index (χ4n) is 3.03. The van der Waals surface area contributed by atoms with Gasteiger partial charge in [-0.1, -0.05) is 12.1 Å². The molecule has 0 spiro atoms. The van der Waals surface area contributed by atoms with Gasteiger partial charge >= 0.3 is 0 Å². The van der Waals surface area contributed by atoms with Gasteiger partial charge in [-0.3, -0.25) is 4.79 Å². The number of ether oxygens (including phenoxy) is 2. The third-order valence-electron chi connectivity index (χ3n) is 4.17. The van der Waals surface area contributed by atoms with Crippen LogP contribution in [0.25, 0.3) is 22.1 Å². The van der Waals surface area contributed by atoms with Crippen molar-refractivity contribution in [2.24, 2.45) is 0 Å². The zero-order valence-corrected chi connectivity index (χ0v) is 14.0. The van der Waals surface area contributed by atoms with Gasteiger partial charge in [-0.15, -0.1) is 0 Å². The number of hydrogen-bond donors (Lipinski definition) is 1. The summed E-state index contributed by atoms with van der Waals surface area (Å²) < 4.78 is 16.6. The van der Waals surface area contributed by atoms with Crippen molar-refractivity contribution >= 4 is 11.0 Å². The van der Waals surface area contributed by atoms with Crippen molar-refractivity contribution in [1.29, 1.82) is 0 Å². The van der Waals surface area contributed by atoms with Gasteiger partial charge in [-0.05, 0) is 31.5 Å². The average Bonchev–Trinajstić information content (AvgIpc) is 2.57. The largest absolute Gasteiger partial charge is 0.508 e. The molecule has 0 saturated carbocycles. The highest BCUT2D eigenvalue weighted by Gasteiger charge is 2.21. The maximum Gasteiger partial charge on any atom is 0.204 e. The Morgan fingerprint density at radius 2 is 1.58 bits per heavy atom. The van der Waals surface area contributed by atoms with Crippen molar-refractivity contribution in [3.8, 4) is 28.4 Å². The Labute approximate surface area is 139 Å². The first-order chi connectivity index (χ1) is 11.5. The summed E-state index contributed by atoms with van der Waals surface area (Å²) in [5.41, 5.74) is 2.83. The van der Waals surface area contributed by atoms with Crippen LogP contribution in [0.3, 0.4) is 0 Å². The van der Waals surface area contributed by atoms with Crippen LogP contribution in [0.1, 0.15) is 11.1 Å². The fraction of sp³-hybridized carbons (Fsp3) is 0.211. The van der Waals surface area contributed by atoms with E-state index < -0.39 is 0 Å². The summed E-state index contributed by atoms with van der Waals surface area (Å²) in [7, 11) is 3.09. The highest BCUT2D eigenvalue weighted by Crippen LogP contribution is 2.39. The molecule has 24 heavy (non-hydrogen) atoms. The highest BCUT2D eigenvalue weighted by molar-refractivity contribution is 5.92. The number of hydrogen-bond acceptors (Lipinski definition) is 5. The van der Waals surface area contributed by atoms with Crippen molar-refractivity contribution in [2.45, 2.75) is 13.8 Å². The molecule has 0 aliphatic carbocycles. The zero-order valence-electron chi connectivity index (χ0n) is 14.0. The molecule has 0 unspecified atom stereocenters. The average molecular weight is 326 g/mol. The molecule has 0 fully saturated rings.